The summed E-state index contributed by atoms with van der Waals surface area (Å²) in [6.45, 7) is 2.53. The molecule has 0 aliphatic carbocycles. The van der Waals surface area contributed by atoms with Gasteiger partial charge in [0.1, 0.15) is 10.7 Å². The van der Waals surface area contributed by atoms with Crippen molar-refractivity contribution in [3.63, 3.8) is 0 Å². The average Bonchev–Trinajstić information content (AvgIpc) is 2.70. The van der Waals surface area contributed by atoms with Gasteiger partial charge in [-0.25, -0.2) is 0 Å². The first-order valence-electron chi connectivity index (χ1n) is 5.67. The number of aromatic nitrogens is 2. The van der Waals surface area contributed by atoms with Gasteiger partial charge in [0, 0.05) is 0 Å². The molecule has 0 radical (unpaired) electrons. The molecule has 0 amide bonds. The van der Waals surface area contributed by atoms with Crippen LogP contribution in [0, 0.1) is 6.92 Å². The second kappa shape index (κ2) is 5.59. The van der Waals surface area contributed by atoms with E-state index in [4.69, 9.17) is 34.3 Å². The van der Waals surface area contributed by atoms with Crippen LogP contribution in [-0.4, -0.2) is 21.9 Å². The van der Waals surface area contributed by atoms with Gasteiger partial charge < -0.3 is 10.5 Å². The van der Waals surface area contributed by atoms with Crippen molar-refractivity contribution in [2.75, 3.05) is 7.11 Å². The van der Waals surface area contributed by atoms with E-state index in [-0.39, 0.29) is 0 Å². The van der Waals surface area contributed by atoms with Crippen molar-refractivity contribution in [1.82, 2.24) is 9.78 Å². The topological polar surface area (TPSA) is 53.1 Å². The molecule has 1 aromatic heterocycles. The third-order valence-electron chi connectivity index (χ3n) is 2.90. The number of methoxy groups -OCH3 is 1. The molecule has 0 spiro atoms. The summed E-state index contributed by atoms with van der Waals surface area (Å²) in [4.78, 5) is 0.314. The molecule has 0 saturated carbocycles. The molecule has 100 valence electrons. The van der Waals surface area contributed by atoms with Gasteiger partial charge in [-0.3, -0.25) is 4.68 Å². The quantitative estimate of drug-likeness (QED) is 0.881. The summed E-state index contributed by atoms with van der Waals surface area (Å²) >= 11 is 11.0. The smallest absolute Gasteiger partial charge is 0.129 e. The fourth-order valence-electron chi connectivity index (χ4n) is 1.80. The Kier molecular flexibility index (Phi) is 4.07. The van der Waals surface area contributed by atoms with E-state index in [1.54, 1.807) is 13.3 Å². The first kappa shape index (κ1) is 13.8. The lowest BCUT2D eigenvalue weighted by Crippen LogP contribution is -2.12. The van der Waals surface area contributed by atoms with E-state index >= 15 is 0 Å². The second-order valence-corrected chi connectivity index (χ2v) is 4.98. The van der Waals surface area contributed by atoms with Crippen molar-refractivity contribution in [1.29, 1.82) is 0 Å². The molecule has 2 N–H and O–H groups in total. The van der Waals surface area contributed by atoms with Crippen LogP contribution in [0.25, 0.3) is 0 Å². The van der Waals surface area contributed by atoms with Crippen molar-refractivity contribution in [3.05, 3.63) is 46.2 Å². The molecule has 1 aromatic carbocycles. The van der Waals surface area contributed by atoms with Gasteiger partial charge in [0.2, 0.25) is 0 Å². The van der Waals surface area contributed by atoms with Crippen LogP contribution >= 0.6 is 23.8 Å². The molecule has 0 saturated heterocycles. The number of halogens is 1. The highest BCUT2D eigenvalue weighted by atomic mass is 35.5. The number of nitrogens with two attached hydrogens (primary N) is 1. The maximum Gasteiger partial charge on any atom is 0.129 e. The number of ether oxygens (including phenoxy) is 1. The van der Waals surface area contributed by atoms with Crippen LogP contribution in [0.4, 0.5) is 0 Å². The number of thiocarbonyl (C=S) groups is 1. The van der Waals surface area contributed by atoms with Gasteiger partial charge in [0.05, 0.1) is 36.1 Å². The highest BCUT2D eigenvalue weighted by Gasteiger charge is 2.09. The predicted molar refractivity (Wildman–Crippen MR) is 80.0 cm³/mol. The highest BCUT2D eigenvalue weighted by molar-refractivity contribution is 7.80. The summed E-state index contributed by atoms with van der Waals surface area (Å²) in [6.07, 6.45) is 1.63. The van der Waals surface area contributed by atoms with Gasteiger partial charge in [-0.05, 0) is 24.6 Å². The molecule has 0 aliphatic rings. The molecule has 1 heterocycles. The molecule has 19 heavy (non-hydrogen) atoms. The Morgan fingerprint density at radius 1 is 1.53 bits per heavy atom. The largest absolute Gasteiger partial charge is 0.496 e. The third kappa shape index (κ3) is 2.88. The Bertz CT molecular complexity index is 624. The normalized spacial score (nSPS) is 10.5. The monoisotopic (exact) mass is 295 g/mol. The van der Waals surface area contributed by atoms with Crippen molar-refractivity contribution in [2.24, 2.45) is 5.73 Å². The zero-order valence-corrected chi connectivity index (χ0v) is 12.3. The Morgan fingerprint density at radius 2 is 2.26 bits per heavy atom. The molecule has 6 heteroatoms. The highest BCUT2D eigenvalue weighted by Crippen LogP contribution is 2.21. The Hall–Kier alpha value is -1.59. The van der Waals surface area contributed by atoms with Gasteiger partial charge in [-0.15, -0.1) is 0 Å². The zero-order chi connectivity index (χ0) is 14.0. The van der Waals surface area contributed by atoms with E-state index in [9.17, 15) is 0 Å². The van der Waals surface area contributed by atoms with Crippen LogP contribution in [0.15, 0.2) is 24.4 Å². The Balaban J connectivity index is 2.34. The van der Waals surface area contributed by atoms with Crippen molar-refractivity contribution in [3.8, 4) is 5.75 Å². The SMILES string of the molecule is COc1ccc(Cn2ncc(Cl)c2C)cc1C(N)=S. The summed E-state index contributed by atoms with van der Waals surface area (Å²) in [5.41, 5.74) is 8.38. The fourth-order valence-corrected chi connectivity index (χ4v) is 2.10. The minimum atomic E-state index is 0.314. The Labute approximate surface area is 122 Å². The molecular formula is C13H14ClN3OS. The summed E-state index contributed by atoms with van der Waals surface area (Å²) in [5, 5.41) is 4.87. The molecule has 2 rings (SSSR count). The van der Waals surface area contributed by atoms with E-state index in [0.29, 0.717) is 22.3 Å². The lowest BCUT2D eigenvalue weighted by Gasteiger charge is -2.10. The summed E-state index contributed by atoms with van der Waals surface area (Å²) in [5.74, 6) is 0.673. The number of rotatable bonds is 4. The standard InChI is InChI=1S/C13H14ClN3OS/c1-8-11(14)6-16-17(8)7-9-3-4-12(18-2)10(5-9)13(15)19/h3-6H,7H2,1-2H3,(H2,15,19). The molecule has 2 aromatic rings. The lowest BCUT2D eigenvalue weighted by molar-refractivity contribution is 0.414. The Morgan fingerprint density at radius 3 is 2.79 bits per heavy atom. The molecular weight excluding hydrogens is 282 g/mol. The number of hydrogen-bond acceptors (Lipinski definition) is 3. The number of hydrogen-bond donors (Lipinski definition) is 1. The maximum absolute atomic E-state index is 5.98. The molecule has 0 atom stereocenters. The molecule has 0 unspecified atom stereocenters. The van der Waals surface area contributed by atoms with Gasteiger partial charge in [-0.1, -0.05) is 29.9 Å². The van der Waals surface area contributed by atoms with E-state index in [0.717, 1.165) is 16.8 Å². The number of nitrogens with zero attached hydrogens (tertiary/aromatic N) is 2. The van der Waals surface area contributed by atoms with E-state index < -0.39 is 0 Å². The first-order chi connectivity index (χ1) is 9.02. The minimum Gasteiger partial charge on any atom is -0.496 e. The minimum absolute atomic E-state index is 0.314. The molecule has 0 fully saturated rings. The second-order valence-electron chi connectivity index (χ2n) is 4.13. The maximum atomic E-state index is 5.98. The summed E-state index contributed by atoms with van der Waals surface area (Å²) in [7, 11) is 1.59. The van der Waals surface area contributed by atoms with Gasteiger partial charge >= 0.3 is 0 Å². The molecule has 0 bridgehead atoms. The third-order valence-corrected chi connectivity index (χ3v) is 3.50. The van der Waals surface area contributed by atoms with Crippen LogP contribution in [0.1, 0.15) is 16.8 Å². The fraction of sp³-hybridized carbons (Fsp3) is 0.231. The van der Waals surface area contributed by atoms with Crippen molar-refractivity contribution in [2.45, 2.75) is 13.5 Å². The van der Waals surface area contributed by atoms with Crippen LogP contribution in [0.2, 0.25) is 5.02 Å². The summed E-state index contributed by atoms with van der Waals surface area (Å²) < 4.78 is 7.06. The van der Waals surface area contributed by atoms with E-state index in [1.807, 2.05) is 29.8 Å². The van der Waals surface area contributed by atoms with Gasteiger partial charge in [0.25, 0.3) is 0 Å². The predicted octanol–water partition coefficient (Wildman–Crippen LogP) is 2.54. The van der Waals surface area contributed by atoms with Crippen LogP contribution < -0.4 is 10.5 Å². The lowest BCUT2D eigenvalue weighted by atomic mass is 10.1. The van der Waals surface area contributed by atoms with Crippen LogP contribution in [0.5, 0.6) is 5.75 Å². The van der Waals surface area contributed by atoms with Crippen molar-refractivity contribution < 1.29 is 4.74 Å². The number of benzene rings is 1. The van der Waals surface area contributed by atoms with Gasteiger partial charge in [0.15, 0.2) is 0 Å². The average molecular weight is 296 g/mol. The van der Waals surface area contributed by atoms with Gasteiger partial charge in [-0.2, -0.15) is 5.10 Å². The molecule has 4 nitrogen and oxygen atoms in total. The van der Waals surface area contributed by atoms with E-state index in [2.05, 4.69) is 5.10 Å². The van der Waals surface area contributed by atoms with Crippen molar-refractivity contribution >= 4 is 28.8 Å². The van der Waals surface area contributed by atoms with Crippen LogP contribution in [-0.2, 0) is 6.54 Å². The molecule has 0 aliphatic heterocycles. The first-order valence-corrected chi connectivity index (χ1v) is 6.46. The summed E-state index contributed by atoms with van der Waals surface area (Å²) in [6, 6.07) is 5.72. The van der Waals surface area contributed by atoms with Crippen LogP contribution in [0.3, 0.4) is 0 Å². The van der Waals surface area contributed by atoms with E-state index in [1.165, 1.54) is 0 Å². The zero-order valence-electron chi connectivity index (χ0n) is 10.7.